The molecule has 0 unspecified atom stereocenters. The van der Waals surface area contributed by atoms with E-state index in [1.54, 1.807) is 29.3 Å². The lowest BCUT2D eigenvalue weighted by atomic mass is 10.2. The summed E-state index contributed by atoms with van der Waals surface area (Å²) >= 11 is 0. The van der Waals surface area contributed by atoms with Gasteiger partial charge < -0.3 is 9.88 Å². The average Bonchev–Trinajstić information content (AvgIpc) is 3.35. The van der Waals surface area contributed by atoms with Gasteiger partial charge in [-0.25, -0.2) is 13.4 Å². The van der Waals surface area contributed by atoms with E-state index in [1.165, 1.54) is 10.5 Å². The number of carbonyl (C=O) groups is 1. The van der Waals surface area contributed by atoms with Crippen molar-refractivity contribution in [3.05, 3.63) is 29.5 Å². The highest BCUT2D eigenvalue weighted by molar-refractivity contribution is 7.89. The van der Waals surface area contributed by atoms with E-state index in [4.69, 9.17) is 0 Å². The normalized spacial score (nSPS) is 18.6. The van der Waals surface area contributed by atoms with Crippen molar-refractivity contribution in [2.24, 2.45) is 7.05 Å². The molecule has 0 bridgehead atoms. The van der Waals surface area contributed by atoms with Crippen LogP contribution in [0.2, 0.25) is 0 Å². The number of amides is 1. The van der Waals surface area contributed by atoms with Crippen molar-refractivity contribution in [3.63, 3.8) is 0 Å². The van der Waals surface area contributed by atoms with Gasteiger partial charge in [0.1, 0.15) is 5.82 Å². The SMILES string of the molecule is Cc1nc(S(=O)(=O)N2CCn3nc(C(=O)NC4CCCC4)cc3C2)cn1C. The molecule has 0 aromatic carbocycles. The number of sulfonamides is 1. The van der Waals surface area contributed by atoms with E-state index in [0.29, 0.717) is 30.3 Å². The third-order valence-corrected chi connectivity index (χ3v) is 7.09. The van der Waals surface area contributed by atoms with Crippen molar-refractivity contribution in [1.82, 2.24) is 29.0 Å². The van der Waals surface area contributed by atoms with Crippen LogP contribution in [0.15, 0.2) is 17.3 Å². The van der Waals surface area contributed by atoms with Crippen molar-refractivity contribution in [2.75, 3.05) is 6.54 Å². The van der Waals surface area contributed by atoms with Crippen LogP contribution < -0.4 is 5.32 Å². The first-order chi connectivity index (χ1) is 12.8. The number of fused-ring (bicyclic) bond motifs is 1. The minimum atomic E-state index is -3.68. The summed E-state index contributed by atoms with van der Waals surface area (Å²) in [6.45, 7) is 2.66. The molecule has 1 amide bonds. The van der Waals surface area contributed by atoms with Gasteiger partial charge in [0.2, 0.25) is 0 Å². The standard InChI is InChI=1S/C17H24N6O3S/c1-12-18-16(11-21(12)2)27(25,26)22-7-8-23-14(10-22)9-15(20-23)17(24)19-13-5-3-4-6-13/h9,11,13H,3-8,10H2,1-2H3,(H,19,24). The fourth-order valence-corrected chi connectivity index (χ4v) is 5.10. The smallest absolute Gasteiger partial charge is 0.272 e. The lowest BCUT2D eigenvalue weighted by Gasteiger charge is -2.25. The summed E-state index contributed by atoms with van der Waals surface area (Å²) < 4.78 is 30.6. The number of hydrogen-bond donors (Lipinski definition) is 1. The van der Waals surface area contributed by atoms with Crippen LogP contribution in [0.5, 0.6) is 0 Å². The predicted octanol–water partition coefficient (Wildman–Crippen LogP) is 0.802. The molecular formula is C17H24N6O3S. The highest BCUT2D eigenvalue weighted by Crippen LogP contribution is 2.22. The molecule has 2 aliphatic rings. The Morgan fingerprint density at radius 2 is 2.00 bits per heavy atom. The number of nitrogens with zero attached hydrogens (tertiary/aromatic N) is 5. The van der Waals surface area contributed by atoms with Crippen LogP contribution in [-0.4, -0.2) is 50.5 Å². The Labute approximate surface area is 158 Å². The number of imidazole rings is 1. The molecule has 3 heterocycles. The first-order valence-corrected chi connectivity index (χ1v) is 10.7. The fourth-order valence-electron chi connectivity index (χ4n) is 3.67. The zero-order valence-corrected chi connectivity index (χ0v) is 16.4. The number of carbonyl (C=O) groups excluding carboxylic acids is 1. The van der Waals surface area contributed by atoms with Crippen molar-refractivity contribution in [1.29, 1.82) is 0 Å². The molecular weight excluding hydrogens is 368 g/mol. The highest BCUT2D eigenvalue weighted by Gasteiger charge is 2.32. The molecule has 1 N–H and O–H groups in total. The largest absolute Gasteiger partial charge is 0.348 e. The predicted molar refractivity (Wildman–Crippen MR) is 97.5 cm³/mol. The summed E-state index contributed by atoms with van der Waals surface area (Å²) in [6.07, 6.45) is 5.83. The minimum Gasteiger partial charge on any atom is -0.348 e. The Hall–Kier alpha value is -2.20. The second kappa shape index (κ2) is 6.75. The fraction of sp³-hybridized carbons (Fsp3) is 0.588. The van der Waals surface area contributed by atoms with Crippen LogP contribution in [0.3, 0.4) is 0 Å². The monoisotopic (exact) mass is 392 g/mol. The molecule has 2 aromatic rings. The molecule has 1 aliphatic carbocycles. The van der Waals surface area contributed by atoms with Crippen molar-refractivity contribution < 1.29 is 13.2 Å². The molecule has 0 spiro atoms. The summed E-state index contributed by atoms with van der Waals surface area (Å²) in [4.78, 5) is 16.6. The Kier molecular flexibility index (Phi) is 4.55. The summed E-state index contributed by atoms with van der Waals surface area (Å²) in [5.74, 6) is 0.458. The molecule has 9 nitrogen and oxygen atoms in total. The van der Waals surface area contributed by atoms with Gasteiger partial charge in [-0.15, -0.1) is 0 Å². The number of hydrogen-bond acceptors (Lipinski definition) is 5. The van der Waals surface area contributed by atoms with Crippen LogP contribution in [0, 0.1) is 6.92 Å². The van der Waals surface area contributed by atoms with Crippen molar-refractivity contribution in [3.8, 4) is 0 Å². The maximum Gasteiger partial charge on any atom is 0.272 e. The molecule has 10 heteroatoms. The topological polar surface area (TPSA) is 102 Å². The molecule has 4 rings (SSSR count). The van der Waals surface area contributed by atoms with Crippen molar-refractivity contribution in [2.45, 2.75) is 56.8 Å². The minimum absolute atomic E-state index is 0.0506. The van der Waals surface area contributed by atoms with E-state index >= 15 is 0 Å². The van der Waals surface area contributed by atoms with Gasteiger partial charge in [-0.3, -0.25) is 9.48 Å². The van der Waals surface area contributed by atoms with Gasteiger partial charge in [0.25, 0.3) is 15.9 Å². The van der Waals surface area contributed by atoms with E-state index in [-0.39, 0.29) is 23.5 Å². The molecule has 0 saturated heterocycles. The van der Waals surface area contributed by atoms with Gasteiger partial charge in [0.15, 0.2) is 10.7 Å². The molecule has 0 atom stereocenters. The van der Waals surface area contributed by atoms with Crippen molar-refractivity contribution >= 4 is 15.9 Å². The summed E-state index contributed by atoms with van der Waals surface area (Å²) in [5.41, 5.74) is 1.07. The third-order valence-electron chi connectivity index (χ3n) is 5.38. The lowest BCUT2D eigenvalue weighted by molar-refractivity contribution is 0.0932. The molecule has 146 valence electrons. The summed E-state index contributed by atoms with van der Waals surface area (Å²) in [7, 11) is -1.91. The zero-order chi connectivity index (χ0) is 19.2. The Morgan fingerprint density at radius 3 is 2.67 bits per heavy atom. The van der Waals surface area contributed by atoms with Crippen LogP contribution >= 0.6 is 0 Å². The Bertz CT molecular complexity index is 951. The summed E-state index contributed by atoms with van der Waals surface area (Å²) in [5, 5.41) is 7.44. The van der Waals surface area contributed by atoms with Gasteiger partial charge in [-0.1, -0.05) is 12.8 Å². The number of rotatable bonds is 4. The van der Waals surface area contributed by atoms with Crippen LogP contribution in [-0.2, 0) is 30.2 Å². The molecule has 1 saturated carbocycles. The van der Waals surface area contributed by atoms with Gasteiger partial charge in [-0.2, -0.15) is 9.40 Å². The highest BCUT2D eigenvalue weighted by atomic mass is 32.2. The molecule has 0 radical (unpaired) electrons. The molecule has 1 aliphatic heterocycles. The van der Waals surface area contributed by atoms with Crippen LogP contribution in [0.25, 0.3) is 0 Å². The van der Waals surface area contributed by atoms with Gasteiger partial charge in [-0.05, 0) is 25.8 Å². The first kappa shape index (κ1) is 18.2. The third kappa shape index (κ3) is 3.39. The summed E-state index contributed by atoms with van der Waals surface area (Å²) in [6, 6.07) is 1.91. The van der Waals surface area contributed by atoms with E-state index in [1.807, 2.05) is 0 Å². The average molecular weight is 392 g/mol. The van der Waals surface area contributed by atoms with Crippen LogP contribution in [0.4, 0.5) is 0 Å². The van der Waals surface area contributed by atoms with Gasteiger partial charge in [0, 0.05) is 25.8 Å². The van der Waals surface area contributed by atoms with E-state index in [9.17, 15) is 13.2 Å². The van der Waals surface area contributed by atoms with Gasteiger partial charge >= 0.3 is 0 Å². The van der Waals surface area contributed by atoms with E-state index in [2.05, 4.69) is 15.4 Å². The quantitative estimate of drug-likeness (QED) is 0.829. The van der Waals surface area contributed by atoms with E-state index in [0.717, 1.165) is 25.7 Å². The van der Waals surface area contributed by atoms with E-state index < -0.39 is 10.0 Å². The molecule has 27 heavy (non-hydrogen) atoms. The Morgan fingerprint density at radius 1 is 1.26 bits per heavy atom. The zero-order valence-electron chi connectivity index (χ0n) is 15.6. The van der Waals surface area contributed by atoms with Gasteiger partial charge in [0.05, 0.1) is 18.8 Å². The molecule has 1 fully saturated rings. The first-order valence-electron chi connectivity index (χ1n) is 9.22. The maximum absolute atomic E-state index is 12.9. The number of aromatic nitrogens is 4. The second-order valence-corrected chi connectivity index (χ2v) is 9.16. The maximum atomic E-state index is 12.9. The van der Waals surface area contributed by atoms with Crippen LogP contribution in [0.1, 0.15) is 47.7 Å². The molecule has 2 aromatic heterocycles. The Balaban J connectivity index is 1.51. The number of aryl methyl sites for hydroxylation is 2. The lowest BCUT2D eigenvalue weighted by Crippen LogP contribution is -2.38. The second-order valence-electron chi connectivity index (χ2n) is 7.27. The number of nitrogens with one attached hydrogen (secondary N) is 1.